The lowest BCUT2D eigenvalue weighted by atomic mass is 10.3. The third kappa shape index (κ3) is 3.32. The highest BCUT2D eigenvalue weighted by Gasteiger charge is 2.03. The van der Waals surface area contributed by atoms with E-state index in [1.54, 1.807) is 0 Å². The van der Waals surface area contributed by atoms with Crippen molar-refractivity contribution in [2.75, 3.05) is 5.43 Å². The molecule has 0 aromatic heterocycles. The number of aliphatic carboxylic acids is 1. The van der Waals surface area contributed by atoms with Gasteiger partial charge in [-0.25, -0.2) is 9.18 Å². The van der Waals surface area contributed by atoms with Crippen molar-refractivity contribution in [3.05, 3.63) is 28.5 Å². The zero-order chi connectivity index (χ0) is 11.4. The highest BCUT2D eigenvalue weighted by molar-refractivity contribution is 9.10. The molecular weight excluding hydrogens is 267 g/mol. The number of hydrogen-bond donors (Lipinski definition) is 2. The molecular formula is C9H8BrFN2O2. The van der Waals surface area contributed by atoms with Crippen LogP contribution in [0.15, 0.2) is 27.8 Å². The van der Waals surface area contributed by atoms with Crippen LogP contribution in [0.2, 0.25) is 0 Å². The van der Waals surface area contributed by atoms with Crippen LogP contribution in [0, 0.1) is 5.82 Å². The average Bonchev–Trinajstić information content (AvgIpc) is 2.15. The lowest BCUT2D eigenvalue weighted by molar-refractivity contribution is -0.129. The zero-order valence-electron chi connectivity index (χ0n) is 7.79. The second-order valence-corrected chi connectivity index (χ2v) is 3.59. The lowest BCUT2D eigenvalue weighted by Crippen LogP contribution is -2.10. The highest BCUT2D eigenvalue weighted by Crippen LogP contribution is 2.22. The summed E-state index contributed by atoms with van der Waals surface area (Å²) in [6.07, 6.45) is 0. The van der Waals surface area contributed by atoms with Gasteiger partial charge in [0.25, 0.3) is 0 Å². The fourth-order valence-electron chi connectivity index (χ4n) is 0.772. The molecule has 0 saturated heterocycles. The van der Waals surface area contributed by atoms with Gasteiger partial charge in [0, 0.05) is 4.47 Å². The molecule has 2 N–H and O–H groups in total. The molecule has 0 amide bonds. The van der Waals surface area contributed by atoms with E-state index in [1.807, 2.05) is 0 Å². The first-order valence-corrected chi connectivity index (χ1v) is 4.78. The molecule has 1 aromatic rings. The predicted octanol–water partition coefficient (Wildman–Crippen LogP) is 2.46. The lowest BCUT2D eigenvalue weighted by Gasteiger charge is -2.03. The first-order chi connectivity index (χ1) is 7.00. The van der Waals surface area contributed by atoms with Crippen LogP contribution in [0.4, 0.5) is 10.1 Å². The number of carbonyl (C=O) groups is 1. The molecule has 0 aliphatic carbocycles. The first kappa shape index (κ1) is 11.6. The largest absolute Gasteiger partial charge is 0.477 e. The number of hydrazone groups is 1. The third-order valence-electron chi connectivity index (χ3n) is 1.58. The van der Waals surface area contributed by atoms with Crippen molar-refractivity contribution < 1.29 is 14.3 Å². The van der Waals surface area contributed by atoms with Gasteiger partial charge >= 0.3 is 5.97 Å². The van der Waals surface area contributed by atoms with E-state index < -0.39 is 5.97 Å². The predicted molar refractivity (Wildman–Crippen MR) is 58.5 cm³/mol. The number of nitrogens with one attached hydrogen (secondary N) is 1. The number of halogens is 2. The van der Waals surface area contributed by atoms with Gasteiger partial charge in [-0.15, -0.1) is 0 Å². The van der Waals surface area contributed by atoms with Crippen LogP contribution in [0.25, 0.3) is 0 Å². The Balaban J connectivity index is 2.82. The summed E-state index contributed by atoms with van der Waals surface area (Å²) in [7, 11) is 0. The molecule has 6 heteroatoms. The smallest absolute Gasteiger partial charge is 0.351 e. The van der Waals surface area contributed by atoms with Crippen molar-refractivity contribution in [1.82, 2.24) is 0 Å². The summed E-state index contributed by atoms with van der Waals surface area (Å²) in [6, 6.07) is 3.96. The van der Waals surface area contributed by atoms with Crippen LogP contribution in [-0.4, -0.2) is 16.8 Å². The Morgan fingerprint density at radius 1 is 1.60 bits per heavy atom. The Morgan fingerprint density at radius 2 is 2.27 bits per heavy atom. The van der Waals surface area contributed by atoms with Crippen molar-refractivity contribution in [2.24, 2.45) is 5.10 Å². The molecule has 0 bridgehead atoms. The minimum Gasteiger partial charge on any atom is -0.477 e. The van der Waals surface area contributed by atoms with Gasteiger partial charge in [0.2, 0.25) is 0 Å². The van der Waals surface area contributed by atoms with E-state index in [9.17, 15) is 9.18 Å². The summed E-state index contributed by atoms with van der Waals surface area (Å²) in [5.41, 5.74) is 2.93. The molecule has 0 saturated carbocycles. The van der Waals surface area contributed by atoms with E-state index in [1.165, 1.54) is 25.1 Å². The SMILES string of the molecule is C/C(=N/Nc1ccc(F)cc1Br)C(=O)O. The maximum Gasteiger partial charge on any atom is 0.351 e. The van der Waals surface area contributed by atoms with Gasteiger partial charge < -0.3 is 5.11 Å². The number of benzene rings is 1. The Morgan fingerprint density at radius 3 is 2.80 bits per heavy atom. The first-order valence-electron chi connectivity index (χ1n) is 3.99. The molecule has 80 valence electrons. The summed E-state index contributed by atoms with van der Waals surface area (Å²) < 4.78 is 13.2. The molecule has 0 fully saturated rings. The normalized spacial score (nSPS) is 11.3. The Labute approximate surface area is 93.9 Å². The molecule has 4 nitrogen and oxygen atoms in total. The van der Waals surface area contributed by atoms with Crippen LogP contribution in [0.5, 0.6) is 0 Å². The molecule has 0 radical (unpaired) electrons. The van der Waals surface area contributed by atoms with Crippen molar-refractivity contribution in [1.29, 1.82) is 0 Å². The van der Waals surface area contributed by atoms with Crippen molar-refractivity contribution in [2.45, 2.75) is 6.92 Å². The van der Waals surface area contributed by atoms with Crippen molar-refractivity contribution >= 4 is 33.3 Å². The molecule has 1 rings (SSSR count). The topological polar surface area (TPSA) is 61.7 Å². The van der Waals surface area contributed by atoms with E-state index >= 15 is 0 Å². The minimum atomic E-state index is -1.11. The van der Waals surface area contributed by atoms with Crippen molar-refractivity contribution in [3.63, 3.8) is 0 Å². The number of nitrogens with zero attached hydrogens (tertiary/aromatic N) is 1. The molecule has 0 aliphatic heterocycles. The van der Waals surface area contributed by atoms with Crippen LogP contribution in [0.3, 0.4) is 0 Å². The standard InChI is InChI=1S/C9H8BrFN2O2/c1-5(9(14)15)12-13-8-3-2-6(11)4-7(8)10/h2-4,13H,1H3,(H,14,15)/b12-5-. The van der Waals surface area contributed by atoms with Gasteiger partial charge in [-0.3, -0.25) is 5.43 Å². The number of carboxylic acids is 1. The van der Waals surface area contributed by atoms with Gasteiger partial charge in [0.05, 0.1) is 5.69 Å². The van der Waals surface area contributed by atoms with Gasteiger partial charge in [0.15, 0.2) is 0 Å². The Bertz CT molecular complexity index is 421. The van der Waals surface area contributed by atoms with E-state index in [2.05, 4.69) is 26.5 Å². The maximum atomic E-state index is 12.7. The van der Waals surface area contributed by atoms with E-state index in [4.69, 9.17) is 5.11 Å². The fraction of sp³-hybridized carbons (Fsp3) is 0.111. The summed E-state index contributed by atoms with van der Waals surface area (Å²) >= 11 is 3.12. The molecule has 0 atom stereocenters. The second-order valence-electron chi connectivity index (χ2n) is 2.74. The molecule has 0 unspecified atom stereocenters. The molecule has 0 heterocycles. The van der Waals surface area contributed by atoms with Crippen LogP contribution in [-0.2, 0) is 4.79 Å². The van der Waals surface area contributed by atoms with Gasteiger partial charge in [-0.1, -0.05) is 0 Å². The quantitative estimate of drug-likeness (QED) is 0.658. The Kier molecular flexibility index (Phi) is 3.79. The van der Waals surface area contributed by atoms with E-state index in [-0.39, 0.29) is 11.5 Å². The monoisotopic (exact) mass is 274 g/mol. The summed E-state index contributed by atoms with van der Waals surface area (Å²) in [5.74, 6) is -1.49. The Hall–Kier alpha value is -1.43. The van der Waals surface area contributed by atoms with E-state index in [0.29, 0.717) is 10.2 Å². The zero-order valence-corrected chi connectivity index (χ0v) is 9.38. The van der Waals surface area contributed by atoms with Crippen LogP contribution in [0.1, 0.15) is 6.92 Å². The molecule has 0 aliphatic rings. The van der Waals surface area contributed by atoms with Gasteiger partial charge in [-0.05, 0) is 41.1 Å². The molecule has 15 heavy (non-hydrogen) atoms. The van der Waals surface area contributed by atoms with Crippen molar-refractivity contribution in [3.8, 4) is 0 Å². The number of rotatable bonds is 3. The average molecular weight is 275 g/mol. The highest BCUT2D eigenvalue weighted by atomic mass is 79.9. The summed E-state index contributed by atoms with van der Waals surface area (Å²) in [5, 5.41) is 12.1. The molecule has 0 spiro atoms. The summed E-state index contributed by atoms with van der Waals surface area (Å²) in [6.45, 7) is 1.35. The minimum absolute atomic E-state index is 0.0776. The number of hydrogen-bond acceptors (Lipinski definition) is 3. The molecule has 1 aromatic carbocycles. The second kappa shape index (κ2) is 4.88. The number of anilines is 1. The number of carboxylic acid groups (broad SMARTS) is 1. The van der Waals surface area contributed by atoms with Gasteiger partial charge in [0.1, 0.15) is 11.5 Å². The van der Waals surface area contributed by atoms with Crippen LogP contribution < -0.4 is 5.43 Å². The third-order valence-corrected chi connectivity index (χ3v) is 2.24. The van der Waals surface area contributed by atoms with Crippen LogP contribution >= 0.6 is 15.9 Å². The van der Waals surface area contributed by atoms with Gasteiger partial charge in [-0.2, -0.15) is 5.10 Å². The summed E-state index contributed by atoms with van der Waals surface area (Å²) in [4.78, 5) is 10.4. The maximum absolute atomic E-state index is 12.7. The van der Waals surface area contributed by atoms with E-state index in [0.717, 1.165) is 0 Å². The fourth-order valence-corrected chi connectivity index (χ4v) is 1.21.